The molecule has 1 aromatic rings. The van der Waals surface area contributed by atoms with E-state index in [0.717, 1.165) is 5.56 Å². The lowest BCUT2D eigenvalue weighted by atomic mass is 10.1. The SMILES string of the molecule is C[C@@H](NC(=O)OCc1ccccc1)[C@H]1CCC(=O)O1. The molecular formula is C14H17NO4. The number of hydrogen-bond donors (Lipinski definition) is 1. The molecule has 0 aliphatic carbocycles. The van der Waals surface area contributed by atoms with E-state index < -0.39 is 6.09 Å². The van der Waals surface area contributed by atoms with Crippen LogP contribution in [0.3, 0.4) is 0 Å². The molecule has 1 aliphatic rings. The highest BCUT2D eigenvalue weighted by Gasteiger charge is 2.29. The van der Waals surface area contributed by atoms with Crippen LogP contribution in [0.25, 0.3) is 0 Å². The Morgan fingerprint density at radius 1 is 1.47 bits per heavy atom. The van der Waals surface area contributed by atoms with E-state index in [2.05, 4.69) is 5.32 Å². The Kier molecular flexibility index (Phi) is 4.39. The summed E-state index contributed by atoms with van der Waals surface area (Å²) < 4.78 is 10.2. The lowest BCUT2D eigenvalue weighted by Crippen LogP contribution is -2.41. The second kappa shape index (κ2) is 6.22. The molecule has 1 aliphatic heterocycles. The molecule has 102 valence electrons. The van der Waals surface area contributed by atoms with Gasteiger partial charge in [-0.2, -0.15) is 0 Å². The zero-order chi connectivity index (χ0) is 13.7. The first-order chi connectivity index (χ1) is 9.15. The van der Waals surface area contributed by atoms with Gasteiger partial charge in [0, 0.05) is 6.42 Å². The van der Waals surface area contributed by atoms with Crippen LogP contribution in [-0.4, -0.2) is 24.2 Å². The molecule has 1 fully saturated rings. The Bertz CT molecular complexity index is 446. The van der Waals surface area contributed by atoms with Gasteiger partial charge in [-0.1, -0.05) is 30.3 Å². The normalized spacial score (nSPS) is 19.6. The molecule has 1 saturated heterocycles. The van der Waals surface area contributed by atoms with Gasteiger partial charge in [-0.15, -0.1) is 0 Å². The highest BCUT2D eigenvalue weighted by molar-refractivity contribution is 5.72. The number of esters is 1. The number of ether oxygens (including phenoxy) is 2. The predicted molar refractivity (Wildman–Crippen MR) is 68.3 cm³/mol. The second-order valence-corrected chi connectivity index (χ2v) is 4.56. The van der Waals surface area contributed by atoms with Crippen LogP contribution in [0.1, 0.15) is 25.3 Å². The van der Waals surface area contributed by atoms with E-state index in [-0.39, 0.29) is 24.7 Å². The quantitative estimate of drug-likeness (QED) is 0.844. The van der Waals surface area contributed by atoms with Gasteiger partial charge >= 0.3 is 12.1 Å². The smallest absolute Gasteiger partial charge is 0.407 e. The Balaban J connectivity index is 1.73. The molecule has 1 aromatic carbocycles. The summed E-state index contributed by atoms with van der Waals surface area (Å²) in [6, 6.07) is 9.20. The van der Waals surface area contributed by atoms with Crippen molar-refractivity contribution in [1.82, 2.24) is 5.32 Å². The van der Waals surface area contributed by atoms with Crippen molar-refractivity contribution in [3.8, 4) is 0 Å². The van der Waals surface area contributed by atoms with E-state index in [9.17, 15) is 9.59 Å². The van der Waals surface area contributed by atoms with Gasteiger partial charge in [0.05, 0.1) is 6.04 Å². The predicted octanol–water partition coefficient (Wildman–Crippen LogP) is 2.01. The molecule has 1 N–H and O–H groups in total. The number of cyclic esters (lactones) is 1. The summed E-state index contributed by atoms with van der Waals surface area (Å²) in [5.41, 5.74) is 0.928. The van der Waals surface area contributed by atoms with Gasteiger partial charge in [-0.3, -0.25) is 4.79 Å². The molecule has 0 aromatic heterocycles. The number of alkyl carbamates (subject to hydrolysis) is 1. The number of benzene rings is 1. The van der Waals surface area contributed by atoms with Crippen LogP contribution < -0.4 is 5.32 Å². The third-order valence-electron chi connectivity index (χ3n) is 3.03. The van der Waals surface area contributed by atoms with Crippen molar-refractivity contribution < 1.29 is 19.1 Å². The molecule has 1 amide bonds. The summed E-state index contributed by atoms with van der Waals surface area (Å²) in [6.07, 6.45) is 0.297. The minimum Gasteiger partial charge on any atom is -0.460 e. The first kappa shape index (κ1) is 13.4. The van der Waals surface area contributed by atoms with Crippen molar-refractivity contribution in [3.63, 3.8) is 0 Å². The van der Waals surface area contributed by atoms with E-state index in [0.29, 0.717) is 12.8 Å². The van der Waals surface area contributed by atoms with E-state index in [1.165, 1.54) is 0 Å². The molecule has 2 atom stereocenters. The van der Waals surface area contributed by atoms with Crippen LogP contribution in [0.4, 0.5) is 4.79 Å². The van der Waals surface area contributed by atoms with E-state index in [1.807, 2.05) is 30.3 Å². The number of amides is 1. The van der Waals surface area contributed by atoms with E-state index >= 15 is 0 Å². The van der Waals surface area contributed by atoms with Gasteiger partial charge in [0.2, 0.25) is 0 Å². The minimum atomic E-state index is -0.501. The first-order valence-corrected chi connectivity index (χ1v) is 6.32. The van der Waals surface area contributed by atoms with Gasteiger partial charge in [0.15, 0.2) is 0 Å². The van der Waals surface area contributed by atoms with Crippen LogP contribution >= 0.6 is 0 Å². The van der Waals surface area contributed by atoms with Gasteiger partial charge in [-0.25, -0.2) is 4.79 Å². The molecule has 0 bridgehead atoms. The average Bonchev–Trinajstić information content (AvgIpc) is 2.84. The van der Waals surface area contributed by atoms with Crippen molar-refractivity contribution >= 4 is 12.1 Å². The largest absolute Gasteiger partial charge is 0.460 e. The van der Waals surface area contributed by atoms with Crippen molar-refractivity contribution in [3.05, 3.63) is 35.9 Å². The Hall–Kier alpha value is -2.04. The monoisotopic (exact) mass is 263 g/mol. The zero-order valence-corrected chi connectivity index (χ0v) is 10.8. The van der Waals surface area contributed by atoms with Crippen molar-refractivity contribution in [2.75, 3.05) is 0 Å². The van der Waals surface area contributed by atoms with Gasteiger partial charge in [0.1, 0.15) is 12.7 Å². The van der Waals surface area contributed by atoms with Crippen LogP contribution in [0.2, 0.25) is 0 Å². The fraction of sp³-hybridized carbons (Fsp3) is 0.429. The fourth-order valence-corrected chi connectivity index (χ4v) is 1.94. The highest BCUT2D eigenvalue weighted by Crippen LogP contribution is 2.16. The molecular weight excluding hydrogens is 246 g/mol. The standard InChI is InChI=1S/C14H17NO4/c1-10(12-7-8-13(16)19-12)15-14(17)18-9-11-5-3-2-4-6-11/h2-6,10,12H,7-9H2,1H3,(H,15,17)/t10-,12-/m1/s1. The maximum Gasteiger partial charge on any atom is 0.407 e. The molecule has 0 radical (unpaired) electrons. The van der Waals surface area contributed by atoms with Crippen molar-refractivity contribution in [2.24, 2.45) is 0 Å². The van der Waals surface area contributed by atoms with E-state index in [1.54, 1.807) is 6.92 Å². The maximum atomic E-state index is 11.6. The lowest BCUT2D eigenvalue weighted by Gasteiger charge is -2.19. The van der Waals surface area contributed by atoms with Crippen LogP contribution in [0, 0.1) is 0 Å². The number of hydrogen-bond acceptors (Lipinski definition) is 4. The summed E-state index contributed by atoms with van der Waals surface area (Å²) >= 11 is 0. The lowest BCUT2D eigenvalue weighted by molar-refractivity contribution is -0.142. The second-order valence-electron chi connectivity index (χ2n) is 4.56. The van der Waals surface area contributed by atoms with Crippen LogP contribution in [0.15, 0.2) is 30.3 Å². The molecule has 5 nitrogen and oxygen atoms in total. The summed E-state index contributed by atoms with van der Waals surface area (Å²) in [7, 11) is 0. The topological polar surface area (TPSA) is 64.6 Å². The zero-order valence-electron chi connectivity index (χ0n) is 10.8. The maximum absolute atomic E-state index is 11.6. The summed E-state index contributed by atoms with van der Waals surface area (Å²) in [6.45, 7) is 2.02. The molecule has 0 spiro atoms. The van der Waals surface area contributed by atoms with Crippen LogP contribution in [0.5, 0.6) is 0 Å². The Morgan fingerprint density at radius 3 is 2.84 bits per heavy atom. The Labute approximate surface area is 111 Å². The molecule has 0 saturated carbocycles. The van der Waals surface area contributed by atoms with Crippen molar-refractivity contribution in [2.45, 2.75) is 38.5 Å². The number of carbonyl (C=O) groups excluding carboxylic acids is 2. The summed E-state index contributed by atoms with van der Waals surface area (Å²) in [4.78, 5) is 22.6. The number of rotatable bonds is 4. The molecule has 19 heavy (non-hydrogen) atoms. The van der Waals surface area contributed by atoms with Gasteiger partial charge < -0.3 is 14.8 Å². The fourth-order valence-electron chi connectivity index (χ4n) is 1.94. The third kappa shape index (κ3) is 3.98. The van der Waals surface area contributed by atoms with Gasteiger partial charge in [-0.05, 0) is 18.9 Å². The molecule has 5 heteroatoms. The molecule has 0 unspecified atom stereocenters. The number of nitrogens with one attached hydrogen (secondary N) is 1. The highest BCUT2D eigenvalue weighted by atomic mass is 16.6. The molecule has 2 rings (SSSR count). The third-order valence-corrected chi connectivity index (χ3v) is 3.03. The molecule has 1 heterocycles. The summed E-state index contributed by atoms with van der Waals surface area (Å²) in [5, 5.41) is 2.67. The minimum absolute atomic E-state index is 0.212. The van der Waals surface area contributed by atoms with Crippen LogP contribution in [-0.2, 0) is 20.9 Å². The van der Waals surface area contributed by atoms with E-state index in [4.69, 9.17) is 9.47 Å². The average molecular weight is 263 g/mol. The first-order valence-electron chi connectivity index (χ1n) is 6.32. The summed E-state index contributed by atoms with van der Waals surface area (Å²) in [5.74, 6) is -0.212. The Morgan fingerprint density at radius 2 is 2.21 bits per heavy atom. The van der Waals surface area contributed by atoms with Gasteiger partial charge in [0.25, 0.3) is 0 Å². The number of carbonyl (C=O) groups is 2. The van der Waals surface area contributed by atoms with Crippen molar-refractivity contribution in [1.29, 1.82) is 0 Å².